The number of rotatable bonds is 5. The van der Waals surface area contributed by atoms with Crippen molar-refractivity contribution < 1.29 is 19.8 Å². The number of hydrogen-bond donors (Lipinski definition) is 3. The van der Waals surface area contributed by atoms with Gasteiger partial charge in [-0.2, -0.15) is 0 Å². The van der Waals surface area contributed by atoms with E-state index in [2.05, 4.69) is 18.0 Å². The first kappa shape index (κ1) is 16.2. The lowest BCUT2D eigenvalue weighted by molar-refractivity contribution is -0.142. The first-order valence-electron chi connectivity index (χ1n) is 7.25. The summed E-state index contributed by atoms with van der Waals surface area (Å²) in [5, 5.41) is 21.3. The van der Waals surface area contributed by atoms with E-state index in [0.717, 1.165) is 22.3 Å². The van der Waals surface area contributed by atoms with Crippen LogP contribution in [0.2, 0.25) is 0 Å². The van der Waals surface area contributed by atoms with Crippen LogP contribution in [0.15, 0.2) is 24.8 Å². The van der Waals surface area contributed by atoms with Crippen molar-refractivity contribution in [2.45, 2.75) is 26.3 Å². The zero-order valence-electron chi connectivity index (χ0n) is 12.8. The second-order valence-corrected chi connectivity index (χ2v) is 5.99. The van der Waals surface area contributed by atoms with Gasteiger partial charge in [0.25, 0.3) is 0 Å². The van der Waals surface area contributed by atoms with Crippen molar-refractivity contribution in [2.75, 3.05) is 6.54 Å². The molecule has 0 unspecified atom stereocenters. The van der Waals surface area contributed by atoms with Crippen molar-refractivity contribution in [3.05, 3.63) is 41.5 Å². The lowest BCUT2D eigenvalue weighted by Crippen LogP contribution is -2.36. The van der Waals surface area contributed by atoms with Gasteiger partial charge in [-0.25, -0.2) is 0 Å². The van der Waals surface area contributed by atoms with Gasteiger partial charge < -0.3 is 15.5 Å². The molecule has 1 aliphatic heterocycles. The molecule has 1 aromatic rings. The maximum absolute atomic E-state index is 11.3. The van der Waals surface area contributed by atoms with Gasteiger partial charge in [0.2, 0.25) is 0 Å². The van der Waals surface area contributed by atoms with Crippen LogP contribution in [-0.2, 0) is 9.59 Å². The minimum absolute atomic E-state index is 0.182. The monoisotopic (exact) mass is 303 g/mol. The number of aryl methyl sites for hydroxylation is 2. The molecule has 5 nitrogen and oxygen atoms in total. The van der Waals surface area contributed by atoms with E-state index in [1.165, 1.54) is 0 Å². The predicted octanol–water partition coefficient (Wildman–Crippen LogP) is 2.08. The molecule has 3 atom stereocenters. The molecule has 118 valence electrons. The molecule has 0 aliphatic carbocycles. The molecule has 5 heteroatoms. The van der Waals surface area contributed by atoms with E-state index in [9.17, 15) is 14.7 Å². The fraction of sp³-hybridized carbons (Fsp3) is 0.412. The number of carboxylic acids is 2. The highest BCUT2D eigenvalue weighted by Gasteiger charge is 2.42. The quantitative estimate of drug-likeness (QED) is 0.775. The highest BCUT2D eigenvalue weighted by molar-refractivity contribution is 5.78. The summed E-state index contributed by atoms with van der Waals surface area (Å²) in [5.74, 6) is -2.69. The molecule has 1 fully saturated rings. The fourth-order valence-corrected chi connectivity index (χ4v) is 3.28. The Bertz CT molecular complexity index is 603. The van der Waals surface area contributed by atoms with Gasteiger partial charge in [0.1, 0.15) is 6.04 Å². The molecule has 1 aliphatic rings. The van der Waals surface area contributed by atoms with E-state index >= 15 is 0 Å². The van der Waals surface area contributed by atoms with Crippen molar-refractivity contribution in [2.24, 2.45) is 11.8 Å². The van der Waals surface area contributed by atoms with Gasteiger partial charge in [-0.1, -0.05) is 35.9 Å². The molecule has 0 bridgehead atoms. The highest BCUT2D eigenvalue weighted by Crippen LogP contribution is 2.36. The van der Waals surface area contributed by atoms with E-state index in [4.69, 9.17) is 5.11 Å². The van der Waals surface area contributed by atoms with Crippen LogP contribution >= 0.6 is 0 Å². The SMILES string of the molecule is C=C(c1cc(C)cc(C)c1)[C@H]1CN[C@H](C(=O)O)[C@H]1CC(=O)O. The molecule has 3 N–H and O–H groups in total. The molecule has 0 aromatic heterocycles. The lowest BCUT2D eigenvalue weighted by atomic mass is 9.80. The largest absolute Gasteiger partial charge is 0.481 e. The molecule has 1 heterocycles. The number of aliphatic carboxylic acids is 2. The zero-order chi connectivity index (χ0) is 16.4. The summed E-state index contributed by atoms with van der Waals surface area (Å²) < 4.78 is 0. The number of carbonyl (C=O) groups is 2. The van der Waals surface area contributed by atoms with E-state index in [1.807, 2.05) is 26.0 Å². The number of benzene rings is 1. The minimum Gasteiger partial charge on any atom is -0.481 e. The Morgan fingerprint density at radius 2 is 1.82 bits per heavy atom. The van der Waals surface area contributed by atoms with Crippen LogP contribution in [0.1, 0.15) is 23.1 Å². The second-order valence-electron chi connectivity index (χ2n) is 5.99. The molecule has 0 saturated carbocycles. The molecular formula is C17H21NO4. The van der Waals surface area contributed by atoms with Gasteiger partial charge in [0.15, 0.2) is 0 Å². The summed E-state index contributed by atoms with van der Waals surface area (Å²) in [6.07, 6.45) is -0.182. The van der Waals surface area contributed by atoms with Crippen LogP contribution < -0.4 is 5.32 Å². The molecular weight excluding hydrogens is 282 g/mol. The van der Waals surface area contributed by atoms with Gasteiger partial charge in [0, 0.05) is 18.4 Å². The van der Waals surface area contributed by atoms with Crippen LogP contribution in [-0.4, -0.2) is 34.7 Å². The third-order valence-electron chi connectivity index (χ3n) is 4.22. The van der Waals surface area contributed by atoms with E-state index in [-0.39, 0.29) is 12.3 Å². The van der Waals surface area contributed by atoms with Crippen molar-refractivity contribution in [3.8, 4) is 0 Å². The van der Waals surface area contributed by atoms with Crippen molar-refractivity contribution in [3.63, 3.8) is 0 Å². The Morgan fingerprint density at radius 1 is 1.23 bits per heavy atom. The molecule has 1 aromatic carbocycles. The van der Waals surface area contributed by atoms with Crippen LogP contribution in [0, 0.1) is 25.7 Å². The Hall–Kier alpha value is -2.14. The molecule has 0 spiro atoms. The van der Waals surface area contributed by atoms with Gasteiger partial charge in [-0.3, -0.25) is 9.59 Å². The van der Waals surface area contributed by atoms with E-state index in [1.54, 1.807) is 0 Å². The van der Waals surface area contributed by atoms with Gasteiger partial charge in [-0.05, 0) is 25.0 Å². The Balaban J connectivity index is 2.30. The van der Waals surface area contributed by atoms with Crippen molar-refractivity contribution in [1.82, 2.24) is 5.32 Å². The third-order valence-corrected chi connectivity index (χ3v) is 4.22. The summed E-state index contributed by atoms with van der Waals surface area (Å²) in [7, 11) is 0. The lowest BCUT2D eigenvalue weighted by Gasteiger charge is -2.22. The Morgan fingerprint density at radius 3 is 2.32 bits per heavy atom. The predicted molar refractivity (Wildman–Crippen MR) is 83.6 cm³/mol. The fourth-order valence-electron chi connectivity index (χ4n) is 3.28. The third kappa shape index (κ3) is 3.36. The molecule has 0 amide bonds. The Labute approximate surface area is 129 Å². The van der Waals surface area contributed by atoms with E-state index < -0.39 is 23.9 Å². The Kier molecular flexibility index (Phi) is 4.66. The number of hydrogen-bond acceptors (Lipinski definition) is 3. The normalized spacial score (nSPS) is 24.2. The summed E-state index contributed by atoms with van der Waals surface area (Å²) >= 11 is 0. The van der Waals surface area contributed by atoms with Crippen molar-refractivity contribution in [1.29, 1.82) is 0 Å². The van der Waals surface area contributed by atoms with Crippen LogP contribution in [0.5, 0.6) is 0 Å². The summed E-state index contributed by atoms with van der Waals surface area (Å²) in [6.45, 7) is 8.53. The topological polar surface area (TPSA) is 86.6 Å². The highest BCUT2D eigenvalue weighted by atomic mass is 16.4. The van der Waals surface area contributed by atoms with Gasteiger partial charge >= 0.3 is 11.9 Å². The van der Waals surface area contributed by atoms with E-state index in [0.29, 0.717) is 6.54 Å². The first-order chi connectivity index (χ1) is 10.3. The number of nitrogens with one attached hydrogen (secondary N) is 1. The van der Waals surface area contributed by atoms with Gasteiger partial charge in [0.05, 0.1) is 6.42 Å². The van der Waals surface area contributed by atoms with Crippen LogP contribution in [0.3, 0.4) is 0 Å². The number of carboxylic acid groups (broad SMARTS) is 2. The van der Waals surface area contributed by atoms with Crippen LogP contribution in [0.4, 0.5) is 0 Å². The summed E-state index contributed by atoms with van der Waals surface area (Å²) in [5.41, 5.74) is 3.96. The molecule has 0 radical (unpaired) electrons. The van der Waals surface area contributed by atoms with Gasteiger partial charge in [-0.15, -0.1) is 0 Å². The standard InChI is InChI=1S/C17H21NO4/c1-9-4-10(2)6-12(5-9)11(3)14-8-18-16(17(21)22)13(14)7-15(19)20/h4-6,13-14,16,18H,3,7-8H2,1-2H3,(H,19,20)(H,21,22)/t13-,14+,16-/m0/s1. The second kappa shape index (κ2) is 6.32. The average molecular weight is 303 g/mol. The van der Waals surface area contributed by atoms with Crippen molar-refractivity contribution >= 4 is 17.5 Å². The summed E-state index contributed by atoms with van der Waals surface area (Å²) in [6, 6.07) is 5.21. The molecule has 1 saturated heterocycles. The first-order valence-corrected chi connectivity index (χ1v) is 7.25. The maximum atomic E-state index is 11.3. The maximum Gasteiger partial charge on any atom is 0.321 e. The average Bonchev–Trinajstić information content (AvgIpc) is 2.79. The zero-order valence-corrected chi connectivity index (χ0v) is 12.8. The minimum atomic E-state index is -1.01. The smallest absolute Gasteiger partial charge is 0.321 e. The summed E-state index contributed by atoms with van der Waals surface area (Å²) in [4.78, 5) is 22.4. The molecule has 22 heavy (non-hydrogen) atoms. The van der Waals surface area contributed by atoms with Crippen LogP contribution in [0.25, 0.3) is 5.57 Å². The molecule has 2 rings (SSSR count).